The molecule has 116 valence electrons. The number of carbonyl (C=O) groups is 1. The Labute approximate surface area is 131 Å². The molecule has 0 aliphatic carbocycles. The Morgan fingerprint density at radius 2 is 1.95 bits per heavy atom. The summed E-state index contributed by atoms with van der Waals surface area (Å²) in [6.45, 7) is 2.98. The van der Waals surface area contributed by atoms with Crippen molar-refractivity contribution in [1.82, 2.24) is 0 Å². The normalized spacial score (nSPS) is 10.3. The zero-order valence-corrected chi connectivity index (χ0v) is 12.8. The van der Waals surface area contributed by atoms with Crippen molar-refractivity contribution in [2.45, 2.75) is 26.4 Å². The number of ether oxygens (including phenoxy) is 1. The highest BCUT2D eigenvalue weighted by Crippen LogP contribution is 2.27. The number of nitrogens with two attached hydrogens (primary N) is 1. The van der Waals surface area contributed by atoms with Crippen molar-refractivity contribution >= 4 is 11.6 Å². The van der Waals surface area contributed by atoms with Crippen LogP contribution in [-0.2, 0) is 11.4 Å². The van der Waals surface area contributed by atoms with E-state index in [1.807, 2.05) is 55.5 Å². The van der Waals surface area contributed by atoms with E-state index in [0.717, 1.165) is 11.1 Å². The van der Waals surface area contributed by atoms with Crippen LogP contribution in [0.15, 0.2) is 48.5 Å². The van der Waals surface area contributed by atoms with Gasteiger partial charge in [0.2, 0.25) is 5.91 Å². The highest BCUT2D eigenvalue weighted by atomic mass is 16.5. The molecule has 0 aliphatic rings. The number of benzene rings is 2. The number of hydrogen-bond donors (Lipinski definition) is 2. The smallest absolute Gasteiger partial charge is 0.224 e. The largest absolute Gasteiger partial charge is 0.487 e. The Balaban J connectivity index is 2.05. The summed E-state index contributed by atoms with van der Waals surface area (Å²) in [6, 6.07) is 15.7. The second kappa shape index (κ2) is 8.20. The number of hydrogen-bond acceptors (Lipinski definition) is 3. The molecule has 22 heavy (non-hydrogen) atoms. The van der Waals surface area contributed by atoms with E-state index in [9.17, 15) is 4.79 Å². The first-order valence-electron chi connectivity index (χ1n) is 7.46. The third-order valence-electron chi connectivity index (χ3n) is 3.26. The number of rotatable bonds is 7. The van der Waals surface area contributed by atoms with Crippen LogP contribution in [0, 0.1) is 6.92 Å². The van der Waals surface area contributed by atoms with Crippen LogP contribution in [0.25, 0.3) is 0 Å². The minimum atomic E-state index is -0.0427. The van der Waals surface area contributed by atoms with Crippen molar-refractivity contribution in [3.05, 3.63) is 59.7 Å². The van der Waals surface area contributed by atoms with Crippen molar-refractivity contribution in [3.8, 4) is 5.75 Å². The van der Waals surface area contributed by atoms with Gasteiger partial charge in [-0.3, -0.25) is 4.79 Å². The zero-order chi connectivity index (χ0) is 15.8. The van der Waals surface area contributed by atoms with E-state index in [1.54, 1.807) is 0 Å². The van der Waals surface area contributed by atoms with Crippen molar-refractivity contribution < 1.29 is 9.53 Å². The van der Waals surface area contributed by atoms with Gasteiger partial charge in [-0.15, -0.1) is 0 Å². The van der Waals surface area contributed by atoms with Gasteiger partial charge in [-0.1, -0.05) is 36.4 Å². The molecule has 0 saturated heterocycles. The standard InChI is InChI=1S/C18H22N2O2/c1-14-9-10-16(20-18(21)8-5-11-19)17(12-14)22-13-15-6-3-2-4-7-15/h2-4,6-7,9-10,12H,5,8,11,13,19H2,1H3,(H,20,21). The van der Waals surface area contributed by atoms with Gasteiger partial charge in [0.25, 0.3) is 0 Å². The summed E-state index contributed by atoms with van der Waals surface area (Å²) in [5, 5.41) is 2.89. The van der Waals surface area contributed by atoms with Crippen molar-refractivity contribution in [2.24, 2.45) is 5.73 Å². The van der Waals surface area contributed by atoms with Gasteiger partial charge in [0, 0.05) is 6.42 Å². The van der Waals surface area contributed by atoms with Gasteiger partial charge >= 0.3 is 0 Å². The topological polar surface area (TPSA) is 64.4 Å². The molecule has 0 radical (unpaired) electrons. The maximum Gasteiger partial charge on any atom is 0.224 e. The first-order valence-corrected chi connectivity index (χ1v) is 7.46. The highest BCUT2D eigenvalue weighted by Gasteiger charge is 2.08. The summed E-state index contributed by atoms with van der Waals surface area (Å²) in [5.74, 6) is 0.642. The first kappa shape index (κ1) is 16.0. The molecule has 0 fully saturated rings. The monoisotopic (exact) mass is 298 g/mol. The minimum Gasteiger partial charge on any atom is -0.487 e. The molecule has 2 aromatic rings. The Hall–Kier alpha value is -2.33. The summed E-state index contributed by atoms with van der Waals surface area (Å²) in [7, 11) is 0. The SMILES string of the molecule is Cc1ccc(NC(=O)CCCN)c(OCc2ccccc2)c1. The second-order valence-corrected chi connectivity index (χ2v) is 5.21. The van der Waals surface area contributed by atoms with Crippen LogP contribution in [0.3, 0.4) is 0 Å². The van der Waals surface area contributed by atoms with E-state index in [4.69, 9.17) is 10.5 Å². The fourth-order valence-corrected chi connectivity index (χ4v) is 2.06. The first-order chi connectivity index (χ1) is 10.7. The molecular formula is C18H22N2O2. The van der Waals surface area contributed by atoms with Crippen LogP contribution in [0.4, 0.5) is 5.69 Å². The van der Waals surface area contributed by atoms with Gasteiger partial charge < -0.3 is 15.8 Å². The molecule has 4 nitrogen and oxygen atoms in total. The Kier molecular flexibility index (Phi) is 5.98. The Morgan fingerprint density at radius 1 is 1.18 bits per heavy atom. The average molecular weight is 298 g/mol. The van der Waals surface area contributed by atoms with Gasteiger partial charge in [0.05, 0.1) is 5.69 Å². The lowest BCUT2D eigenvalue weighted by Gasteiger charge is -2.13. The van der Waals surface area contributed by atoms with Crippen LogP contribution in [0.2, 0.25) is 0 Å². The molecule has 1 amide bonds. The maximum atomic E-state index is 11.9. The molecule has 3 N–H and O–H groups in total. The summed E-state index contributed by atoms with van der Waals surface area (Å²) < 4.78 is 5.87. The van der Waals surface area contributed by atoms with Gasteiger partial charge in [0.1, 0.15) is 12.4 Å². The third-order valence-corrected chi connectivity index (χ3v) is 3.26. The lowest BCUT2D eigenvalue weighted by atomic mass is 10.2. The van der Waals surface area contributed by atoms with E-state index in [-0.39, 0.29) is 5.91 Å². The fraction of sp³-hybridized carbons (Fsp3) is 0.278. The molecule has 0 aromatic heterocycles. The lowest BCUT2D eigenvalue weighted by Crippen LogP contribution is -2.14. The summed E-state index contributed by atoms with van der Waals surface area (Å²) in [6.07, 6.45) is 1.10. The summed E-state index contributed by atoms with van der Waals surface area (Å²) in [4.78, 5) is 11.9. The van der Waals surface area contributed by atoms with Crippen molar-refractivity contribution in [3.63, 3.8) is 0 Å². The summed E-state index contributed by atoms with van der Waals surface area (Å²) >= 11 is 0. The van der Waals surface area contributed by atoms with Crippen molar-refractivity contribution in [2.75, 3.05) is 11.9 Å². The van der Waals surface area contributed by atoms with Crippen molar-refractivity contribution in [1.29, 1.82) is 0 Å². The predicted octanol–water partition coefficient (Wildman–Crippen LogP) is 3.25. The van der Waals surface area contributed by atoms with E-state index in [0.29, 0.717) is 37.4 Å². The second-order valence-electron chi connectivity index (χ2n) is 5.21. The molecule has 2 rings (SSSR count). The van der Waals surface area contributed by atoms with E-state index < -0.39 is 0 Å². The molecule has 0 spiro atoms. The van der Waals surface area contributed by atoms with Crippen LogP contribution < -0.4 is 15.8 Å². The van der Waals surface area contributed by atoms with Gasteiger partial charge in [-0.2, -0.15) is 0 Å². The van der Waals surface area contributed by atoms with E-state index >= 15 is 0 Å². The van der Waals surface area contributed by atoms with Gasteiger partial charge in [-0.25, -0.2) is 0 Å². The molecule has 0 heterocycles. The molecule has 0 unspecified atom stereocenters. The lowest BCUT2D eigenvalue weighted by molar-refractivity contribution is -0.116. The van der Waals surface area contributed by atoms with E-state index in [2.05, 4.69) is 5.32 Å². The molecule has 4 heteroatoms. The molecule has 0 bridgehead atoms. The summed E-state index contributed by atoms with van der Waals surface area (Å²) in [5.41, 5.74) is 8.30. The van der Waals surface area contributed by atoms with Crippen LogP contribution in [-0.4, -0.2) is 12.5 Å². The highest BCUT2D eigenvalue weighted by molar-refractivity contribution is 5.92. The Morgan fingerprint density at radius 3 is 2.68 bits per heavy atom. The number of amides is 1. The minimum absolute atomic E-state index is 0.0427. The molecular weight excluding hydrogens is 276 g/mol. The molecule has 0 aliphatic heterocycles. The molecule has 2 aromatic carbocycles. The predicted molar refractivity (Wildman–Crippen MR) is 88.9 cm³/mol. The average Bonchev–Trinajstić information content (AvgIpc) is 2.54. The fourth-order valence-electron chi connectivity index (χ4n) is 2.06. The Bertz CT molecular complexity index is 612. The van der Waals surface area contributed by atoms with Crippen LogP contribution in [0.5, 0.6) is 5.75 Å². The van der Waals surface area contributed by atoms with Crippen LogP contribution >= 0.6 is 0 Å². The van der Waals surface area contributed by atoms with E-state index in [1.165, 1.54) is 0 Å². The third kappa shape index (κ3) is 4.90. The van der Waals surface area contributed by atoms with Gasteiger partial charge in [-0.05, 0) is 43.1 Å². The zero-order valence-electron chi connectivity index (χ0n) is 12.8. The quantitative estimate of drug-likeness (QED) is 0.824. The van der Waals surface area contributed by atoms with Crippen LogP contribution in [0.1, 0.15) is 24.0 Å². The number of aryl methyl sites for hydroxylation is 1. The maximum absolute atomic E-state index is 11.9. The number of anilines is 1. The number of nitrogens with one attached hydrogen (secondary N) is 1. The van der Waals surface area contributed by atoms with Gasteiger partial charge in [0.15, 0.2) is 0 Å². The molecule has 0 atom stereocenters. The number of carbonyl (C=O) groups excluding carboxylic acids is 1. The molecule has 0 saturated carbocycles.